The van der Waals surface area contributed by atoms with Gasteiger partial charge in [-0.1, -0.05) is 6.92 Å². The first-order valence-electron chi connectivity index (χ1n) is 5.77. The first-order chi connectivity index (χ1) is 7.54. The van der Waals surface area contributed by atoms with Gasteiger partial charge in [-0.05, 0) is 19.3 Å². The van der Waals surface area contributed by atoms with E-state index in [-0.39, 0.29) is 17.9 Å². The summed E-state index contributed by atoms with van der Waals surface area (Å²) < 4.78 is 0. The van der Waals surface area contributed by atoms with Gasteiger partial charge in [0.25, 0.3) is 0 Å². The SMILES string of the molecule is CNC(=O)C(C)CN(C)C(=O)NC1CCC1. The van der Waals surface area contributed by atoms with Gasteiger partial charge >= 0.3 is 6.03 Å². The van der Waals surface area contributed by atoms with Gasteiger partial charge in [-0.15, -0.1) is 0 Å². The number of amides is 3. The summed E-state index contributed by atoms with van der Waals surface area (Å²) >= 11 is 0. The monoisotopic (exact) mass is 227 g/mol. The van der Waals surface area contributed by atoms with Crippen LogP contribution in [0.25, 0.3) is 0 Å². The molecule has 1 saturated carbocycles. The van der Waals surface area contributed by atoms with Gasteiger partial charge in [0.2, 0.25) is 5.91 Å². The number of hydrogen-bond donors (Lipinski definition) is 2. The lowest BCUT2D eigenvalue weighted by Crippen LogP contribution is -2.48. The van der Waals surface area contributed by atoms with Gasteiger partial charge < -0.3 is 15.5 Å². The fourth-order valence-corrected chi connectivity index (χ4v) is 1.66. The molecule has 0 radical (unpaired) electrons. The van der Waals surface area contributed by atoms with Gasteiger partial charge in [0.05, 0.1) is 5.92 Å². The zero-order valence-electron chi connectivity index (χ0n) is 10.2. The van der Waals surface area contributed by atoms with Crippen LogP contribution in [-0.4, -0.2) is 43.5 Å². The maximum absolute atomic E-state index is 11.7. The van der Waals surface area contributed by atoms with Crippen LogP contribution >= 0.6 is 0 Å². The minimum absolute atomic E-state index is 0.0386. The molecule has 92 valence electrons. The Bertz CT molecular complexity index is 264. The standard InChI is InChI=1S/C11H21N3O2/c1-8(10(15)12-2)7-14(3)11(16)13-9-5-4-6-9/h8-9H,4-7H2,1-3H3,(H,12,15)(H,13,16). The molecule has 1 aliphatic rings. The summed E-state index contributed by atoms with van der Waals surface area (Å²) in [7, 11) is 3.32. The van der Waals surface area contributed by atoms with Crippen molar-refractivity contribution in [1.82, 2.24) is 15.5 Å². The molecular weight excluding hydrogens is 206 g/mol. The quantitative estimate of drug-likeness (QED) is 0.737. The summed E-state index contributed by atoms with van der Waals surface area (Å²) in [4.78, 5) is 24.5. The number of hydrogen-bond acceptors (Lipinski definition) is 2. The largest absolute Gasteiger partial charge is 0.359 e. The summed E-state index contributed by atoms with van der Waals surface area (Å²) in [5.74, 6) is -0.217. The molecule has 5 nitrogen and oxygen atoms in total. The fourth-order valence-electron chi connectivity index (χ4n) is 1.66. The van der Waals surface area contributed by atoms with Crippen LogP contribution < -0.4 is 10.6 Å². The Morgan fingerprint density at radius 1 is 1.44 bits per heavy atom. The fraction of sp³-hybridized carbons (Fsp3) is 0.818. The van der Waals surface area contributed by atoms with Crippen molar-refractivity contribution in [2.24, 2.45) is 5.92 Å². The molecule has 0 spiro atoms. The molecule has 0 aliphatic heterocycles. The van der Waals surface area contributed by atoms with E-state index in [4.69, 9.17) is 0 Å². The summed E-state index contributed by atoms with van der Waals surface area (Å²) in [5.41, 5.74) is 0. The van der Waals surface area contributed by atoms with Crippen LogP contribution in [0.4, 0.5) is 4.79 Å². The Kier molecular flexibility index (Phi) is 4.58. The lowest BCUT2D eigenvalue weighted by Gasteiger charge is -2.29. The predicted octanol–water partition coefficient (Wildman–Crippen LogP) is 0.562. The van der Waals surface area contributed by atoms with Crippen LogP contribution in [0.1, 0.15) is 26.2 Å². The minimum Gasteiger partial charge on any atom is -0.359 e. The Morgan fingerprint density at radius 3 is 2.50 bits per heavy atom. The lowest BCUT2D eigenvalue weighted by atomic mass is 9.93. The second-order valence-electron chi connectivity index (χ2n) is 4.47. The molecule has 0 heterocycles. The van der Waals surface area contributed by atoms with Gasteiger partial charge in [-0.3, -0.25) is 4.79 Å². The molecule has 1 unspecified atom stereocenters. The van der Waals surface area contributed by atoms with Crippen LogP contribution in [0.2, 0.25) is 0 Å². The van der Waals surface area contributed by atoms with Crippen molar-refractivity contribution in [3.63, 3.8) is 0 Å². The van der Waals surface area contributed by atoms with Crippen molar-refractivity contribution in [2.75, 3.05) is 20.6 Å². The lowest BCUT2D eigenvalue weighted by molar-refractivity contribution is -0.124. The van der Waals surface area contributed by atoms with E-state index in [2.05, 4.69) is 10.6 Å². The molecule has 5 heteroatoms. The van der Waals surface area contributed by atoms with E-state index in [9.17, 15) is 9.59 Å². The molecule has 0 saturated heterocycles. The molecule has 2 N–H and O–H groups in total. The normalized spacial score (nSPS) is 17.2. The van der Waals surface area contributed by atoms with Gasteiger partial charge in [-0.2, -0.15) is 0 Å². The maximum Gasteiger partial charge on any atom is 0.317 e. The van der Waals surface area contributed by atoms with E-state index in [1.807, 2.05) is 6.92 Å². The third-order valence-corrected chi connectivity index (χ3v) is 3.02. The molecule has 0 bridgehead atoms. The number of rotatable bonds is 4. The second kappa shape index (κ2) is 5.72. The Balaban J connectivity index is 2.29. The zero-order chi connectivity index (χ0) is 12.1. The number of nitrogens with one attached hydrogen (secondary N) is 2. The third-order valence-electron chi connectivity index (χ3n) is 3.02. The van der Waals surface area contributed by atoms with Crippen LogP contribution in [0, 0.1) is 5.92 Å². The third kappa shape index (κ3) is 3.40. The molecule has 1 fully saturated rings. The van der Waals surface area contributed by atoms with Crippen LogP contribution in [-0.2, 0) is 4.79 Å². The molecular formula is C11H21N3O2. The molecule has 0 aromatic carbocycles. The van der Waals surface area contributed by atoms with Crippen LogP contribution in [0.15, 0.2) is 0 Å². The summed E-state index contributed by atoms with van der Waals surface area (Å²) in [6, 6.07) is 0.255. The van der Waals surface area contributed by atoms with E-state index < -0.39 is 0 Å². The van der Waals surface area contributed by atoms with Gasteiger partial charge in [-0.25, -0.2) is 4.79 Å². The van der Waals surface area contributed by atoms with Gasteiger partial charge in [0.1, 0.15) is 0 Å². The zero-order valence-corrected chi connectivity index (χ0v) is 10.2. The van der Waals surface area contributed by atoms with Crippen molar-refractivity contribution >= 4 is 11.9 Å². The van der Waals surface area contributed by atoms with E-state index in [0.717, 1.165) is 12.8 Å². The number of carbonyl (C=O) groups excluding carboxylic acids is 2. The topological polar surface area (TPSA) is 61.4 Å². The molecule has 1 atom stereocenters. The van der Waals surface area contributed by atoms with Crippen LogP contribution in [0.3, 0.4) is 0 Å². The minimum atomic E-state index is -0.179. The highest BCUT2D eigenvalue weighted by molar-refractivity contribution is 5.79. The van der Waals surface area contributed by atoms with Crippen molar-refractivity contribution in [2.45, 2.75) is 32.2 Å². The average molecular weight is 227 g/mol. The maximum atomic E-state index is 11.7. The molecule has 16 heavy (non-hydrogen) atoms. The summed E-state index contributed by atoms with van der Waals surface area (Å²) in [6.45, 7) is 2.25. The molecule has 3 amide bonds. The highest BCUT2D eigenvalue weighted by Gasteiger charge is 2.22. The number of carbonyl (C=O) groups is 2. The van der Waals surface area contributed by atoms with E-state index >= 15 is 0 Å². The summed E-state index contributed by atoms with van der Waals surface area (Å²) in [5, 5.41) is 5.51. The van der Waals surface area contributed by atoms with Crippen molar-refractivity contribution in [3.8, 4) is 0 Å². The Hall–Kier alpha value is -1.26. The second-order valence-corrected chi connectivity index (χ2v) is 4.47. The average Bonchev–Trinajstić information content (AvgIpc) is 2.21. The molecule has 0 aromatic heterocycles. The van der Waals surface area contributed by atoms with Crippen molar-refractivity contribution < 1.29 is 9.59 Å². The highest BCUT2D eigenvalue weighted by Crippen LogP contribution is 2.18. The van der Waals surface area contributed by atoms with Crippen LogP contribution in [0.5, 0.6) is 0 Å². The van der Waals surface area contributed by atoms with Gasteiger partial charge in [0.15, 0.2) is 0 Å². The van der Waals surface area contributed by atoms with Crippen molar-refractivity contribution in [3.05, 3.63) is 0 Å². The predicted molar refractivity (Wildman–Crippen MR) is 62.0 cm³/mol. The first-order valence-corrected chi connectivity index (χ1v) is 5.77. The Labute approximate surface area is 96.6 Å². The van der Waals surface area contributed by atoms with Gasteiger partial charge in [0, 0.05) is 26.7 Å². The molecule has 1 aliphatic carbocycles. The number of urea groups is 1. The first kappa shape index (κ1) is 12.8. The van der Waals surface area contributed by atoms with E-state index in [1.54, 1.807) is 19.0 Å². The van der Waals surface area contributed by atoms with Crippen molar-refractivity contribution in [1.29, 1.82) is 0 Å². The van der Waals surface area contributed by atoms with E-state index in [1.165, 1.54) is 6.42 Å². The smallest absolute Gasteiger partial charge is 0.317 e. The highest BCUT2D eigenvalue weighted by atomic mass is 16.2. The molecule has 0 aromatic rings. The summed E-state index contributed by atoms with van der Waals surface area (Å²) in [6.07, 6.45) is 3.35. The van der Waals surface area contributed by atoms with E-state index in [0.29, 0.717) is 12.6 Å². The molecule has 1 rings (SSSR count). The Morgan fingerprint density at radius 2 is 2.06 bits per heavy atom. The number of nitrogens with zero attached hydrogens (tertiary/aromatic N) is 1.